The van der Waals surface area contributed by atoms with Crippen LogP contribution in [-0.2, 0) is 0 Å². The van der Waals surface area contributed by atoms with E-state index in [-0.39, 0.29) is 11.8 Å². The average Bonchev–Trinajstić information content (AvgIpc) is 2.97. The zero-order chi connectivity index (χ0) is 25.9. The summed E-state index contributed by atoms with van der Waals surface area (Å²) in [7, 11) is 0. The van der Waals surface area contributed by atoms with Gasteiger partial charge in [-0.3, -0.25) is 9.59 Å². The van der Waals surface area contributed by atoms with Crippen molar-refractivity contribution in [2.75, 3.05) is 10.6 Å². The lowest BCUT2D eigenvalue weighted by Gasteiger charge is -2.15. The Bertz CT molecular complexity index is 1680. The molecule has 6 rings (SSSR count). The van der Waals surface area contributed by atoms with E-state index in [0.717, 1.165) is 32.9 Å². The lowest BCUT2D eigenvalue weighted by atomic mass is 9.94. The van der Waals surface area contributed by atoms with E-state index in [4.69, 9.17) is 0 Å². The van der Waals surface area contributed by atoms with Crippen molar-refractivity contribution in [1.82, 2.24) is 0 Å². The standard InChI is InChI=1S/C34H24N2O2/c37-33(35-31-21-9-13-23-11-1-3-15-25(23)31)29-19-7-5-17-27(29)28-18-6-8-20-30(28)34(38)36-32-22-10-14-24-12-2-4-16-26(24)32/h1-22H,(H,35,37)(H,36,38). The first-order valence-corrected chi connectivity index (χ1v) is 12.5. The van der Waals surface area contributed by atoms with Crippen molar-refractivity contribution in [1.29, 1.82) is 0 Å². The molecule has 0 radical (unpaired) electrons. The Hall–Kier alpha value is -5.22. The highest BCUT2D eigenvalue weighted by molar-refractivity contribution is 6.16. The molecule has 38 heavy (non-hydrogen) atoms. The minimum absolute atomic E-state index is 0.235. The van der Waals surface area contributed by atoms with Gasteiger partial charge >= 0.3 is 0 Å². The first-order chi connectivity index (χ1) is 18.7. The van der Waals surface area contributed by atoms with Gasteiger partial charge in [-0.15, -0.1) is 0 Å². The molecular formula is C34H24N2O2. The fourth-order valence-corrected chi connectivity index (χ4v) is 4.88. The van der Waals surface area contributed by atoms with Gasteiger partial charge in [0, 0.05) is 33.3 Å². The van der Waals surface area contributed by atoms with Crippen LogP contribution in [0, 0.1) is 0 Å². The first-order valence-electron chi connectivity index (χ1n) is 12.5. The summed E-state index contributed by atoms with van der Waals surface area (Å²) in [6, 6.07) is 42.3. The van der Waals surface area contributed by atoms with Crippen LogP contribution in [0.2, 0.25) is 0 Å². The molecule has 0 aromatic heterocycles. The molecule has 0 aliphatic carbocycles. The molecule has 0 saturated heterocycles. The number of anilines is 2. The van der Waals surface area contributed by atoms with Gasteiger partial charge in [-0.2, -0.15) is 0 Å². The predicted octanol–water partition coefficient (Wildman–Crippen LogP) is 8.16. The van der Waals surface area contributed by atoms with E-state index in [9.17, 15) is 9.59 Å². The van der Waals surface area contributed by atoms with Crippen molar-refractivity contribution in [3.05, 3.63) is 145 Å². The third-order valence-corrected chi connectivity index (χ3v) is 6.71. The van der Waals surface area contributed by atoms with Crippen molar-refractivity contribution in [3.8, 4) is 11.1 Å². The smallest absolute Gasteiger partial charge is 0.256 e. The van der Waals surface area contributed by atoms with Gasteiger partial charge in [0.05, 0.1) is 0 Å². The van der Waals surface area contributed by atoms with Crippen molar-refractivity contribution >= 4 is 44.7 Å². The topological polar surface area (TPSA) is 58.2 Å². The number of fused-ring (bicyclic) bond motifs is 2. The summed E-state index contributed by atoms with van der Waals surface area (Å²) in [6.45, 7) is 0. The van der Waals surface area contributed by atoms with Gasteiger partial charge in [0.25, 0.3) is 11.8 Å². The zero-order valence-corrected chi connectivity index (χ0v) is 20.5. The number of carbonyl (C=O) groups is 2. The molecule has 0 spiro atoms. The Labute approximate surface area is 220 Å². The molecule has 6 aromatic rings. The summed E-state index contributed by atoms with van der Waals surface area (Å²) in [5.41, 5.74) is 3.84. The number of rotatable bonds is 5. The van der Waals surface area contributed by atoms with Crippen LogP contribution in [0.5, 0.6) is 0 Å². The number of carbonyl (C=O) groups excluding carboxylic acids is 2. The Balaban J connectivity index is 1.36. The van der Waals surface area contributed by atoms with Crippen LogP contribution in [0.15, 0.2) is 133 Å². The molecule has 0 fully saturated rings. The van der Waals surface area contributed by atoms with E-state index in [1.54, 1.807) is 12.1 Å². The highest BCUT2D eigenvalue weighted by atomic mass is 16.2. The molecule has 2 N–H and O–H groups in total. The van der Waals surface area contributed by atoms with E-state index in [1.165, 1.54) is 0 Å². The molecule has 4 nitrogen and oxygen atoms in total. The molecule has 0 aliphatic heterocycles. The molecule has 0 bridgehead atoms. The third kappa shape index (κ3) is 4.40. The molecule has 182 valence electrons. The zero-order valence-electron chi connectivity index (χ0n) is 20.5. The van der Waals surface area contributed by atoms with Crippen LogP contribution >= 0.6 is 0 Å². The quantitative estimate of drug-likeness (QED) is 0.255. The van der Waals surface area contributed by atoms with E-state index in [2.05, 4.69) is 10.6 Å². The fourth-order valence-electron chi connectivity index (χ4n) is 4.88. The highest BCUT2D eigenvalue weighted by Crippen LogP contribution is 2.31. The molecular weight excluding hydrogens is 468 g/mol. The van der Waals surface area contributed by atoms with Crippen LogP contribution in [0.25, 0.3) is 32.7 Å². The van der Waals surface area contributed by atoms with Crippen molar-refractivity contribution < 1.29 is 9.59 Å². The van der Waals surface area contributed by atoms with E-state index in [0.29, 0.717) is 22.3 Å². The maximum atomic E-state index is 13.6. The second-order valence-electron chi connectivity index (χ2n) is 9.05. The lowest BCUT2D eigenvalue weighted by molar-refractivity contribution is 0.101. The average molecular weight is 493 g/mol. The maximum absolute atomic E-state index is 13.6. The van der Waals surface area contributed by atoms with Gasteiger partial charge in [0.2, 0.25) is 0 Å². The largest absolute Gasteiger partial charge is 0.321 e. The molecule has 0 atom stereocenters. The minimum Gasteiger partial charge on any atom is -0.321 e. The first kappa shape index (κ1) is 23.2. The molecule has 6 aromatic carbocycles. The van der Waals surface area contributed by atoms with Gasteiger partial charge in [-0.25, -0.2) is 0 Å². The summed E-state index contributed by atoms with van der Waals surface area (Å²) in [6.07, 6.45) is 0. The summed E-state index contributed by atoms with van der Waals surface area (Å²) in [4.78, 5) is 27.1. The van der Waals surface area contributed by atoms with Crippen LogP contribution in [0.3, 0.4) is 0 Å². The van der Waals surface area contributed by atoms with Crippen molar-refractivity contribution in [3.63, 3.8) is 0 Å². The second-order valence-corrected chi connectivity index (χ2v) is 9.05. The Morgan fingerprint density at radius 2 is 0.763 bits per heavy atom. The Kier molecular flexibility index (Phi) is 6.12. The Morgan fingerprint density at radius 1 is 0.395 bits per heavy atom. The number of hydrogen-bond donors (Lipinski definition) is 2. The number of benzene rings is 6. The van der Waals surface area contributed by atoms with E-state index < -0.39 is 0 Å². The number of amides is 2. The molecule has 0 unspecified atom stereocenters. The SMILES string of the molecule is O=C(Nc1cccc2ccccc12)c1ccccc1-c1ccccc1C(=O)Nc1cccc2ccccc12. The van der Waals surface area contributed by atoms with Gasteiger partial charge in [-0.05, 0) is 46.2 Å². The van der Waals surface area contributed by atoms with Gasteiger partial charge < -0.3 is 10.6 Å². The summed E-state index contributed by atoms with van der Waals surface area (Å²) < 4.78 is 0. The van der Waals surface area contributed by atoms with Crippen LogP contribution in [-0.4, -0.2) is 11.8 Å². The lowest BCUT2D eigenvalue weighted by Crippen LogP contribution is -2.16. The predicted molar refractivity (Wildman–Crippen MR) is 156 cm³/mol. The normalized spacial score (nSPS) is 10.8. The Morgan fingerprint density at radius 3 is 1.24 bits per heavy atom. The number of hydrogen-bond acceptors (Lipinski definition) is 2. The number of nitrogens with one attached hydrogen (secondary N) is 2. The van der Waals surface area contributed by atoms with Gasteiger partial charge in [-0.1, -0.05) is 109 Å². The van der Waals surface area contributed by atoms with Crippen LogP contribution in [0.4, 0.5) is 11.4 Å². The van der Waals surface area contributed by atoms with E-state index >= 15 is 0 Å². The van der Waals surface area contributed by atoms with Gasteiger partial charge in [0.15, 0.2) is 0 Å². The highest BCUT2D eigenvalue weighted by Gasteiger charge is 2.19. The van der Waals surface area contributed by atoms with Gasteiger partial charge in [0.1, 0.15) is 0 Å². The maximum Gasteiger partial charge on any atom is 0.256 e. The monoisotopic (exact) mass is 492 g/mol. The minimum atomic E-state index is -0.235. The molecule has 2 amide bonds. The molecule has 4 heteroatoms. The fraction of sp³-hybridized carbons (Fsp3) is 0. The van der Waals surface area contributed by atoms with Crippen molar-refractivity contribution in [2.24, 2.45) is 0 Å². The van der Waals surface area contributed by atoms with Crippen LogP contribution in [0.1, 0.15) is 20.7 Å². The van der Waals surface area contributed by atoms with Crippen molar-refractivity contribution in [2.45, 2.75) is 0 Å². The molecule has 0 saturated carbocycles. The molecule has 0 heterocycles. The second kappa shape index (κ2) is 10.0. The molecule has 0 aliphatic rings. The van der Waals surface area contributed by atoms with E-state index in [1.807, 2.05) is 121 Å². The third-order valence-electron chi connectivity index (χ3n) is 6.71. The summed E-state index contributed by atoms with van der Waals surface area (Å²) >= 11 is 0. The summed E-state index contributed by atoms with van der Waals surface area (Å²) in [5.74, 6) is -0.470. The summed E-state index contributed by atoms with van der Waals surface area (Å²) in [5, 5.41) is 10.2. The van der Waals surface area contributed by atoms with Crippen LogP contribution < -0.4 is 10.6 Å².